The lowest BCUT2D eigenvalue weighted by Crippen LogP contribution is -2.36. The molecule has 0 atom stereocenters. The molecule has 0 aliphatic carbocycles. The van der Waals surface area contributed by atoms with Crippen LogP contribution in [0.3, 0.4) is 0 Å². The maximum absolute atomic E-state index is 12.6. The average molecular weight is 240 g/mol. The zero-order valence-electron chi connectivity index (χ0n) is 9.39. The Kier molecular flexibility index (Phi) is 4.56. The van der Waals surface area contributed by atoms with Crippen molar-refractivity contribution in [2.45, 2.75) is 13.3 Å². The summed E-state index contributed by atoms with van der Waals surface area (Å²) in [5.74, 6) is -2.22. The molecule has 5 nitrogen and oxygen atoms in total. The van der Waals surface area contributed by atoms with Gasteiger partial charge in [0.2, 0.25) is 5.95 Å². The zero-order chi connectivity index (χ0) is 12.8. The van der Waals surface area contributed by atoms with Crippen LogP contribution in [-0.2, 0) is 4.79 Å². The van der Waals surface area contributed by atoms with Gasteiger partial charge in [0.1, 0.15) is 6.54 Å². The maximum atomic E-state index is 12.6. The second-order valence-electron chi connectivity index (χ2n) is 3.49. The lowest BCUT2D eigenvalue weighted by molar-refractivity contribution is -0.137. The third-order valence-electron chi connectivity index (χ3n) is 2.08. The molecule has 1 aromatic rings. The molecule has 17 heavy (non-hydrogen) atoms. The Bertz CT molecular complexity index is 406. The number of aliphatic carboxylic acids is 1. The second kappa shape index (κ2) is 5.93. The van der Waals surface area contributed by atoms with Gasteiger partial charge in [-0.05, 0) is 18.6 Å². The van der Waals surface area contributed by atoms with Crippen LogP contribution in [0.25, 0.3) is 0 Å². The van der Waals surface area contributed by atoms with Gasteiger partial charge in [-0.15, -0.1) is 0 Å². The predicted molar refractivity (Wildman–Crippen MR) is 58.0 cm³/mol. The van der Waals surface area contributed by atoms with Gasteiger partial charge in [0, 0.05) is 12.7 Å². The summed E-state index contributed by atoms with van der Waals surface area (Å²) in [6.07, 6.45) is 1.75. The number of aromatic nitrogens is 1. The van der Waals surface area contributed by atoms with Gasteiger partial charge >= 0.3 is 5.97 Å². The van der Waals surface area contributed by atoms with Crippen molar-refractivity contribution in [3.8, 4) is 0 Å². The third-order valence-corrected chi connectivity index (χ3v) is 2.08. The van der Waals surface area contributed by atoms with Gasteiger partial charge < -0.3 is 10.0 Å². The van der Waals surface area contributed by atoms with Gasteiger partial charge in [-0.2, -0.15) is 4.39 Å². The van der Waals surface area contributed by atoms with Crippen molar-refractivity contribution in [1.82, 2.24) is 9.88 Å². The van der Waals surface area contributed by atoms with Crippen molar-refractivity contribution in [3.05, 3.63) is 29.8 Å². The largest absolute Gasteiger partial charge is 0.480 e. The normalized spacial score (nSPS) is 10.0. The van der Waals surface area contributed by atoms with Crippen LogP contribution in [0.2, 0.25) is 0 Å². The number of rotatable bonds is 5. The Balaban J connectivity index is 2.83. The van der Waals surface area contributed by atoms with Crippen molar-refractivity contribution < 1.29 is 19.1 Å². The number of carbonyl (C=O) groups excluding carboxylic acids is 1. The summed E-state index contributed by atoms with van der Waals surface area (Å²) in [6.45, 7) is 1.80. The first kappa shape index (κ1) is 13.1. The molecule has 1 aromatic heterocycles. The molecular formula is C11H13FN2O3. The molecular weight excluding hydrogens is 227 g/mol. The average Bonchev–Trinajstić information content (AvgIpc) is 2.28. The highest BCUT2D eigenvalue weighted by Crippen LogP contribution is 2.05. The molecule has 92 valence electrons. The van der Waals surface area contributed by atoms with Gasteiger partial charge in [0.25, 0.3) is 5.91 Å². The Morgan fingerprint density at radius 3 is 2.65 bits per heavy atom. The van der Waals surface area contributed by atoms with E-state index < -0.39 is 17.8 Å². The van der Waals surface area contributed by atoms with E-state index >= 15 is 0 Å². The van der Waals surface area contributed by atoms with E-state index in [4.69, 9.17) is 5.11 Å². The molecule has 1 rings (SSSR count). The highest BCUT2D eigenvalue weighted by molar-refractivity contribution is 5.95. The number of nitrogens with zero attached hydrogens (tertiary/aromatic N) is 2. The monoisotopic (exact) mass is 240 g/mol. The summed E-state index contributed by atoms with van der Waals surface area (Å²) >= 11 is 0. The van der Waals surface area contributed by atoms with E-state index in [0.717, 1.165) is 12.3 Å². The van der Waals surface area contributed by atoms with Crippen LogP contribution in [0.4, 0.5) is 4.39 Å². The van der Waals surface area contributed by atoms with E-state index in [2.05, 4.69) is 4.98 Å². The summed E-state index contributed by atoms with van der Waals surface area (Å²) in [4.78, 5) is 27.0. The molecule has 0 aromatic carbocycles. The molecule has 0 aliphatic heterocycles. The maximum Gasteiger partial charge on any atom is 0.323 e. The smallest absolute Gasteiger partial charge is 0.323 e. The number of hydrogen-bond acceptors (Lipinski definition) is 3. The SMILES string of the molecule is CCCN(CC(=O)O)C(=O)c1ccc(F)nc1. The fraction of sp³-hybridized carbons (Fsp3) is 0.364. The molecule has 0 saturated carbocycles. The minimum absolute atomic E-state index is 0.182. The van der Waals surface area contributed by atoms with Crippen molar-refractivity contribution in [1.29, 1.82) is 0 Å². The van der Waals surface area contributed by atoms with Gasteiger partial charge in [0.05, 0.1) is 5.56 Å². The van der Waals surface area contributed by atoms with Crippen LogP contribution in [0.1, 0.15) is 23.7 Å². The topological polar surface area (TPSA) is 70.5 Å². The van der Waals surface area contributed by atoms with Gasteiger partial charge in [-0.3, -0.25) is 9.59 Å². The molecule has 0 bridgehead atoms. The summed E-state index contributed by atoms with van der Waals surface area (Å²) < 4.78 is 12.6. The van der Waals surface area contributed by atoms with E-state index in [-0.39, 0.29) is 12.1 Å². The number of pyridine rings is 1. The number of carboxylic acids is 1. The van der Waals surface area contributed by atoms with E-state index in [1.807, 2.05) is 6.92 Å². The third kappa shape index (κ3) is 3.82. The van der Waals surface area contributed by atoms with Crippen LogP contribution < -0.4 is 0 Å². The summed E-state index contributed by atoms with van der Waals surface area (Å²) in [5, 5.41) is 8.68. The molecule has 1 amide bonds. The molecule has 0 radical (unpaired) electrons. The molecule has 6 heteroatoms. The second-order valence-corrected chi connectivity index (χ2v) is 3.49. The van der Waals surface area contributed by atoms with Crippen LogP contribution in [0.5, 0.6) is 0 Å². The zero-order valence-corrected chi connectivity index (χ0v) is 9.39. The lowest BCUT2D eigenvalue weighted by Gasteiger charge is -2.19. The molecule has 1 N–H and O–H groups in total. The first-order valence-corrected chi connectivity index (χ1v) is 5.17. The van der Waals surface area contributed by atoms with Crippen molar-refractivity contribution in [2.24, 2.45) is 0 Å². The minimum Gasteiger partial charge on any atom is -0.480 e. The van der Waals surface area contributed by atoms with Crippen LogP contribution >= 0.6 is 0 Å². The summed E-state index contributed by atoms with van der Waals surface area (Å²) in [5.41, 5.74) is 0.182. The first-order valence-electron chi connectivity index (χ1n) is 5.17. The van der Waals surface area contributed by atoms with Crippen molar-refractivity contribution in [3.63, 3.8) is 0 Å². The Morgan fingerprint density at radius 1 is 1.47 bits per heavy atom. The highest BCUT2D eigenvalue weighted by Gasteiger charge is 2.17. The Labute approximate surface area is 97.9 Å². The predicted octanol–water partition coefficient (Wildman–Crippen LogP) is 1.16. The van der Waals surface area contributed by atoms with Crippen molar-refractivity contribution >= 4 is 11.9 Å². The Morgan fingerprint density at radius 2 is 2.18 bits per heavy atom. The van der Waals surface area contributed by atoms with Gasteiger partial charge in [0.15, 0.2) is 0 Å². The number of hydrogen-bond donors (Lipinski definition) is 1. The van der Waals surface area contributed by atoms with Crippen LogP contribution in [0, 0.1) is 5.95 Å². The fourth-order valence-electron chi connectivity index (χ4n) is 1.37. The number of carboxylic acid groups (broad SMARTS) is 1. The molecule has 0 fully saturated rings. The van der Waals surface area contributed by atoms with Crippen LogP contribution in [-0.4, -0.2) is 40.0 Å². The molecule has 1 heterocycles. The Hall–Kier alpha value is -1.98. The molecule has 0 spiro atoms. The van der Waals surface area contributed by atoms with E-state index in [1.165, 1.54) is 11.0 Å². The van der Waals surface area contributed by atoms with Crippen LogP contribution in [0.15, 0.2) is 18.3 Å². The number of halogens is 1. The lowest BCUT2D eigenvalue weighted by atomic mass is 10.2. The quantitative estimate of drug-likeness (QED) is 0.784. The van der Waals surface area contributed by atoms with E-state index in [9.17, 15) is 14.0 Å². The van der Waals surface area contributed by atoms with Gasteiger partial charge in [-0.25, -0.2) is 4.98 Å². The highest BCUT2D eigenvalue weighted by atomic mass is 19.1. The number of carbonyl (C=O) groups is 2. The molecule has 0 unspecified atom stereocenters. The summed E-state index contributed by atoms with van der Waals surface area (Å²) in [6, 6.07) is 2.35. The van der Waals surface area contributed by atoms with E-state index in [0.29, 0.717) is 13.0 Å². The summed E-state index contributed by atoms with van der Waals surface area (Å²) in [7, 11) is 0. The number of amides is 1. The molecule has 0 aliphatic rings. The molecule has 0 saturated heterocycles. The van der Waals surface area contributed by atoms with E-state index in [1.54, 1.807) is 0 Å². The van der Waals surface area contributed by atoms with Gasteiger partial charge in [-0.1, -0.05) is 6.92 Å². The minimum atomic E-state index is -1.08. The first-order chi connectivity index (χ1) is 8.04. The standard InChI is InChI=1S/C11H13FN2O3/c1-2-5-14(7-10(15)16)11(17)8-3-4-9(12)13-6-8/h3-4,6H,2,5,7H2,1H3,(H,15,16). The fourth-order valence-corrected chi connectivity index (χ4v) is 1.37. The van der Waals surface area contributed by atoms with Crippen molar-refractivity contribution in [2.75, 3.05) is 13.1 Å².